The molecule has 6 nitrogen and oxygen atoms in total. The van der Waals surface area contributed by atoms with Gasteiger partial charge in [-0.1, -0.05) is 0 Å². The van der Waals surface area contributed by atoms with Crippen molar-refractivity contribution in [2.45, 2.75) is 32.2 Å². The predicted molar refractivity (Wildman–Crippen MR) is 75.1 cm³/mol. The van der Waals surface area contributed by atoms with Crippen LogP contribution in [-0.2, 0) is 9.53 Å². The van der Waals surface area contributed by atoms with Crippen LogP contribution in [0, 0.1) is 0 Å². The van der Waals surface area contributed by atoms with Crippen LogP contribution in [0.1, 0.15) is 36.5 Å². The van der Waals surface area contributed by atoms with Gasteiger partial charge in [-0.15, -0.1) is 0 Å². The van der Waals surface area contributed by atoms with Gasteiger partial charge in [-0.25, -0.2) is 4.79 Å². The van der Waals surface area contributed by atoms with Crippen molar-refractivity contribution in [1.82, 2.24) is 4.90 Å². The van der Waals surface area contributed by atoms with E-state index in [9.17, 15) is 14.7 Å². The average Bonchev–Trinajstić information content (AvgIpc) is 2.45. The Kier molecular flexibility index (Phi) is 4.67. The highest BCUT2D eigenvalue weighted by atomic mass is 16.5. The molecule has 0 spiro atoms. The van der Waals surface area contributed by atoms with Crippen molar-refractivity contribution in [3.63, 3.8) is 0 Å². The van der Waals surface area contributed by atoms with Crippen LogP contribution < -0.4 is 0 Å². The van der Waals surface area contributed by atoms with Gasteiger partial charge in [0.1, 0.15) is 17.1 Å². The third-order valence-corrected chi connectivity index (χ3v) is 3.65. The van der Waals surface area contributed by atoms with Crippen molar-refractivity contribution in [2.75, 3.05) is 13.2 Å². The summed E-state index contributed by atoms with van der Waals surface area (Å²) in [6.07, 6.45) is 3.02. The Bertz CT molecular complexity index is 543. The van der Waals surface area contributed by atoms with E-state index in [0.29, 0.717) is 6.54 Å². The van der Waals surface area contributed by atoms with Crippen LogP contribution in [0.5, 0.6) is 11.5 Å². The van der Waals surface area contributed by atoms with Crippen molar-refractivity contribution in [2.24, 2.45) is 0 Å². The maximum absolute atomic E-state index is 12.0. The first kappa shape index (κ1) is 15.2. The number of carbonyl (C=O) groups excluding carboxylic acids is 2. The van der Waals surface area contributed by atoms with E-state index in [1.165, 1.54) is 12.1 Å². The van der Waals surface area contributed by atoms with E-state index in [0.717, 1.165) is 25.3 Å². The van der Waals surface area contributed by atoms with Gasteiger partial charge in [0.2, 0.25) is 0 Å². The van der Waals surface area contributed by atoms with Gasteiger partial charge in [0.25, 0.3) is 5.91 Å². The fraction of sp³-hybridized carbons (Fsp3) is 0.467. The molecule has 0 radical (unpaired) electrons. The normalized spacial score (nSPS) is 18.3. The topological polar surface area (TPSA) is 87.1 Å². The molecule has 1 aromatic carbocycles. The SMILES string of the molecule is C[C@@H]1CCCCN1C(=O)COC(=O)c1ccc(O)cc1O. The standard InChI is InChI=1S/C15H19NO5/c1-10-4-2-3-7-16(10)14(19)9-21-15(20)12-6-5-11(17)8-13(12)18/h5-6,8,10,17-18H,2-4,7,9H2,1H3/t10-/m1/s1. The smallest absolute Gasteiger partial charge is 0.342 e. The van der Waals surface area contributed by atoms with Crippen LogP contribution in [-0.4, -0.2) is 46.2 Å². The van der Waals surface area contributed by atoms with Crippen molar-refractivity contribution >= 4 is 11.9 Å². The van der Waals surface area contributed by atoms with Gasteiger partial charge >= 0.3 is 5.97 Å². The zero-order valence-corrected chi connectivity index (χ0v) is 11.9. The van der Waals surface area contributed by atoms with Crippen LogP contribution in [0.25, 0.3) is 0 Å². The summed E-state index contributed by atoms with van der Waals surface area (Å²) in [5.74, 6) is -1.54. The maximum Gasteiger partial charge on any atom is 0.342 e. The van der Waals surface area contributed by atoms with E-state index in [1.807, 2.05) is 6.92 Å². The molecule has 0 aliphatic carbocycles. The number of benzene rings is 1. The molecule has 0 unspecified atom stereocenters. The molecule has 114 valence electrons. The van der Waals surface area contributed by atoms with Gasteiger partial charge in [0.15, 0.2) is 6.61 Å². The van der Waals surface area contributed by atoms with Gasteiger partial charge < -0.3 is 19.8 Å². The number of phenolic OH excluding ortho intramolecular Hbond substituents is 2. The molecule has 1 aliphatic heterocycles. The third-order valence-electron chi connectivity index (χ3n) is 3.65. The lowest BCUT2D eigenvalue weighted by Gasteiger charge is -2.33. The molecule has 21 heavy (non-hydrogen) atoms. The lowest BCUT2D eigenvalue weighted by atomic mass is 10.0. The monoisotopic (exact) mass is 293 g/mol. The number of hydrogen-bond acceptors (Lipinski definition) is 5. The van der Waals surface area contributed by atoms with E-state index in [2.05, 4.69) is 0 Å². The van der Waals surface area contributed by atoms with Crippen molar-refractivity contribution in [3.8, 4) is 11.5 Å². The molecule has 1 aromatic rings. The summed E-state index contributed by atoms with van der Waals surface area (Å²) < 4.78 is 4.94. The summed E-state index contributed by atoms with van der Waals surface area (Å²) in [5.41, 5.74) is -0.0766. The van der Waals surface area contributed by atoms with Gasteiger partial charge in [-0.05, 0) is 38.3 Å². The Morgan fingerprint density at radius 2 is 2.10 bits per heavy atom. The number of hydrogen-bond donors (Lipinski definition) is 2. The minimum Gasteiger partial charge on any atom is -0.508 e. The molecule has 0 bridgehead atoms. The van der Waals surface area contributed by atoms with Gasteiger partial charge in [0, 0.05) is 18.7 Å². The Hall–Kier alpha value is -2.24. The summed E-state index contributed by atoms with van der Waals surface area (Å²) in [7, 11) is 0. The molecule has 1 saturated heterocycles. The maximum atomic E-state index is 12.0. The van der Waals surface area contributed by atoms with E-state index in [4.69, 9.17) is 9.84 Å². The average molecular weight is 293 g/mol. The van der Waals surface area contributed by atoms with Gasteiger partial charge in [0.05, 0.1) is 0 Å². The van der Waals surface area contributed by atoms with Crippen LogP contribution in [0.3, 0.4) is 0 Å². The van der Waals surface area contributed by atoms with Crippen molar-refractivity contribution < 1.29 is 24.5 Å². The number of rotatable bonds is 3. The number of aromatic hydroxyl groups is 2. The summed E-state index contributed by atoms with van der Waals surface area (Å²) in [6, 6.07) is 3.73. The number of carbonyl (C=O) groups is 2. The number of esters is 1. The molecule has 2 N–H and O–H groups in total. The minimum absolute atomic E-state index is 0.0766. The van der Waals surface area contributed by atoms with E-state index in [-0.39, 0.29) is 35.6 Å². The van der Waals surface area contributed by atoms with E-state index in [1.54, 1.807) is 4.90 Å². The highest BCUT2D eigenvalue weighted by molar-refractivity contribution is 5.94. The minimum atomic E-state index is -0.787. The Labute approximate surface area is 122 Å². The Morgan fingerprint density at radius 3 is 2.76 bits per heavy atom. The van der Waals surface area contributed by atoms with Crippen LogP contribution in [0.15, 0.2) is 18.2 Å². The second-order valence-electron chi connectivity index (χ2n) is 5.21. The summed E-state index contributed by atoms with van der Waals surface area (Å²) in [4.78, 5) is 25.6. The number of phenols is 2. The lowest BCUT2D eigenvalue weighted by Crippen LogP contribution is -2.44. The zero-order valence-electron chi connectivity index (χ0n) is 11.9. The highest BCUT2D eigenvalue weighted by Gasteiger charge is 2.24. The molecule has 6 heteroatoms. The van der Waals surface area contributed by atoms with E-state index >= 15 is 0 Å². The third kappa shape index (κ3) is 3.65. The number of nitrogens with zero attached hydrogens (tertiary/aromatic N) is 1. The molecule has 2 rings (SSSR count). The fourth-order valence-electron chi connectivity index (χ4n) is 2.45. The molecule has 1 heterocycles. The molecule has 1 aliphatic rings. The molecule has 0 saturated carbocycles. The summed E-state index contributed by atoms with van der Waals surface area (Å²) >= 11 is 0. The quantitative estimate of drug-likeness (QED) is 0.828. The highest BCUT2D eigenvalue weighted by Crippen LogP contribution is 2.23. The molecular weight excluding hydrogens is 274 g/mol. The lowest BCUT2D eigenvalue weighted by molar-refractivity contribution is -0.137. The second-order valence-corrected chi connectivity index (χ2v) is 5.21. The fourth-order valence-corrected chi connectivity index (χ4v) is 2.45. The Balaban J connectivity index is 1.92. The summed E-state index contributed by atoms with van der Waals surface area (Å²) in [5, 5.41) is 18.7. The largest absolute Gasteiger partial charge is 0.508 e. The number of amides is 1. The van der Waals surface area contributed by atoms with E-state index < -0.39 is 5.97 Å². The molecule has 0 aromatic heterocycles. The number of ether oxygens (including phenoxy) is 1. The van der Waals surface area contributed by atoms with Crippen molar-refractivity contribution in [1.29, 1.82) is 0 Å². The number of piperidine rings is 1. The second kappa shape index (κ2) is 6.47. The van der Waals surface area contributed by atoms with Gasteiger partial charge in [-0.3, -0.25) is 4.79 Å². The van der Waals surface area contributed by atoms with Crippen LogP contribution in [0.4, 0.5) is 0 Å². The Morgan fingerprint density at radius 1 is 1.33 bits per heavy atom. The van der Waals surface area contributed by atoms with Crippen LogP contribution in [0.2, 0.25) is 0 Å². The first-order valence-corrected chi connectivity index (χ1v) is 6.97. The molecule has 1 atom stereocenters. The molecule has 1 fully saturated rings. The first-order chi connectivity index (χ1) is 9.99. The van der Waals surface area contributed by atoms with Crippen LogP contribution >= 0.6 is 0 Å². The van der Waals surface area contributed by atoms with Gasteiger partial charge in [-0.2, -0.15) is 0 Å². The zero-order chi connectivity index (χ0) is 15.4. The predicted octanol–water partition coefficient (Wildman–Crippen LogP) is 1.66. The molecule has 1 amide bonds. The summed E-state index contributed by atoms with van der Waals surface area (Å²) in [6.45, 7) is 2.32. The van der Waals surface area contributed by atoms with Crippen molar-refractivity contribution in [3.05, 3.63) is 23.8 Å². The molecular formula is C15H19NO5. The number of likely N-dealkylation sites (tertiary alicyclic amines) is 1. The first-order valence-electron chi connectivity index (χ1n) is 6.97.